The Morgan fingerprint density at radius 2 is 2.11 bits per heavy atom. The highest BCUT2D eigenvalue weighted by atomic mass is 19.1. The highest BCUT2D eigenvalue weighted by Gasteiger charge is 2.22. The Labute approximate surface area is 163 Å². The van der Waals surface area contributed by atoms with E-state index in [0.717, 1.165) is 23.9 Å². The van der Waals surface area contributed by atoms with E-state index in [4.69, 9.17) is 5.73 Å². The smallest absolute Gasteiger partial charge is 0.227 e. The van der Waals surface area contributed by atoms with E-state index in [2.05, 4.69) is 15.3 Å². The Morgan fingerprint density at radius 1 is 1.29 bits per heavy atom. The molecule has 2 heterocycles. The molecule has 1 aliphatic heterocycles. The Morgan fingerprint density at radius 3 is 2.79 bits per heavy atom. The first-order chi connectivity index (χ1) is 13.4. The standard InChI is InChI=1S/C21H24FN5O/c1-12(2)19-18(28)6-3-13-10-24-21(26-20(13)19)25-15-4-5-17(16(22)9-15)27-8-7-14(23)11-27/h3-6,9-10,12,14,28H,7-8,11,23H2,1-2H3,(H,24,25,26). The SMILES string of the molecule is CC(C)c1c(O)ccc2cnc(Nc3ccc(N4CCC(N)C4)c(F)c3)nc12. The van der Waals surface area contributed by atoms with E-state index in [1.54, 1.807) is 24.4 Å². The Kier molecular flexibility index (Phi) is 4.77. The zero-order valence-electron chi connectivity index (χ0n) is 16.0. The Hall–Kier alpha value is -2.93. The molecule has 28 heavy (non-hydrogen) atoms. The van der Waals surface area contributed by atoms with Crippen LogP contribution in [-0.2, 0) is 0 Å². The Balaban J connectivity index is 1.63. The van der Waals surface area contributed by atoms with E-state index >= 15 is 0 Å². The number of aromatic nitrogens is 2. The maximum Gasteiger partial charge on any atom is 0.227 e. The van der Waals surface area contributed by atoms with Gasteiger partial charge >= 0.3 is 0 Å². The van der Waals surface area contributed by atoms with Crippen LogP contribution in [-0.4, -0.2) is 34.2 Å². The molecule has 1 fully saturated rings. The van der Waals surface area contributed by atoms with Crippen LogP contribution in [0.25, 0.3) is 10.9 Å². The number of rotatable bonds is 4. The molecule has 0 aliphatic carbocycles. The lowest BCUT2D eigenvalue weighted by molar-refractivity contribution is 0.466. The van der Waals surface area contributed by atoms with Gasteiger partial charge in [-0.25, -0.2) is 14.4 Å². The first-order valence-corrected chi connectivity index (χ1v) is 9.48. The van der Waals surface area contributed by atoms with Crippen LogP contribution in [0.1, 0.15) is 31.7 Å². The molecule has 4 rings (SSSR count). The highest BCUT2D eigenvalue weighted by molar-refractivity contribution is 5.85. The number of nitrogens with zero attached hydrogens (tertiary/aromatic N) is 3. The van der Waals surface area contributed by atoms with E-state index < -0.39 is 0 Å². The Bertz CT molecular complexity index is 1020. The van der Waals surface area contributed by atoms with Gasteiger partial charge < -0.3 is 21.1 Å². The molecule has 1 saturated heterocycles. The quantitative estimate of drug-likeness (QED) is 0.636. The van der Waals surface area contributed by atoms with Gasteiger partial charge in [0, 0.05) is 42.0 Å². The summed E-state index contributed by atoms with van der Waals surface area (Å²) in [5, 5.41) is 14.1. The molecule has 0 saturated carbocycles. The van der Waals surface area contributed by atoms with Crippen molar-refractivity contribution in [1.29, 1.82) is 0 Å². The summed E-state index contributed by atoms with van der Waals surface area (Å²) >= 11 is 0. The van der Waals surface area contributed by atoms with E-state index in [-0.39, 0.29) is 23.5 Å². The number of anilines is 3. The van der Waals surface area contributed by atoms with Crippen molar-refractivity contribution < 1.29 is 9.50 Å². The molecule has 1 atom stereocenters. The molecule has 1 unspecified atom stereocenters. The molecule has 4 N–H and O–H groups in total. The van der Waals surface area contributed by atoms with E-state index in [9.17, 15) is 9.50 Å². The van der Waals surface area contributed by atoms with Gasteiger partial charge in [-0.3, -0.25) is 0 Å². The van der Waals surface area contributed by atoms with Crippen molar-refractivity contribution in [3.8, 4) is 5.75 Å². The zero-order chi connectivity index (χ0) is 19.8. The molecular formula is C21H24FN5O. The van der Waals surface area contributed by atoms with Gasteiger partial charge in [0.25, 0.3) is 0 Å². The minimum Gasteiger partial charge on any atom is -0.508 e. The summed E-state index contributed by atoms with van der Waals surface area (Å²) in [5.74, 6) is 0.372. The zero-order valence-corrected chi connectivity index (χ0v) is 16.0. The van der Waals surface area contributed by atoms with E-state index in [1.807, 2.05) is 24.8 Å². The second-order valence-electron chi connectivity index (χ2n) is 7.57. The highest BCUT2D eigenvalue weighted by Crippen LogP contribution is 2.33. The van der Waals surface area contributed by atoms with Crippen LogP contribution in [0.2, 0.25) is 0 Å². The number of nitrogens with two attached hydrogens (primary N) is 1. The monoisotopic (exact) mass is 381 g/mol. The number of phenols is 1. The first kappa shape index (κ1) is 18.4. The largest absolute Gasteiger partial charge is 0.508 e. The molecular weight excluding hydrogens is 357 g/mol. The van der Waals surface area contributed by atoms with Gasteiger partial charge in [-0.15, -0.1) is 0 Å². The number of halogens is 1. The van der Waals surface area contributed by atoms with Crippen molar-refractivity contribution in [2.24, 2.45) is 5.73 Å². The summed E-state index contributed by atoms with van der Waals surface area (Å²) in [6, 6.07) is 8.54. The molecule has 0 amide bonds. The molecule has 3 aromatic rings. The third kappa shape index (κ3) is 3.45. The average Bonchev–Trinajstić information content (AvgIpc) is 3.07. The van der Waals surface area contributed by atoms with Crippen molar-refractivity contribution >= 4 is 28.2 Å². The molecule has 2 aromatic carbocycles. The van der Waals surface area contributed by atoms with Crippen molar-refractivity contribution in [1.82, 2.24) is 9.97 Å². The summed E-state index contributed by atoms with van der Waals surface area (Å²) in [7, 11) is 0. The first-order valence-electron chi connectivity index (χ1n) is 9.48. The lowest BCUT2D eigenvalue weighted by Gasteiger charge is -2.19. The normalized spacial score (nSPS) is 16.9. The second-order valence-corrected chi connectivity index (χ2v) is 7.57. The number of aromatic hydroxyl groups is 1. The number of nitrogens with one attached hydrogen (secondary N) is 1. The van der Waals surface area contributed by atoms with Crippen molar-refractivity contribution in [2.45, 2.75) is 32.2 Å². The van der Waals surface area contributed by atoms with Crippen molar-refractivity contribution in [3.63, 3.8) is 0 Å². The van der Waals surface area contributed by atoms with Gasteiger partial charge in [0.1, 0.15) is 11.6 Å². The number of fused-ring (bicyclic) bond motifs is 1. The average molecular weight is 381 g/mol. The van der Waals surface area contributed by atoms with Gasteiger partial charge in [-0.05, 0) is 42.7 Å². The third-order valence-corrected chi connectivity index (χ3v) is 5.12. The van der Waals surface area contributed by atoms with Gasteiger partial charge in [0.15, 0.2) is 0 Å². The minimum absolute atomic E-state index is 0.0924. The number of hydrogen-bond acceptors (Lipinski definition) is 6. The minimum atomic E-state index is -0.305. The van der Waals surface area contributed by atoms with Gasteiger partial charge in [-0.1, -0.05) is 13.8 Å². The fraction of sp³-hybridized carbons (Fsp3) is 0.333. The molecule has 1 aromatic heterocycles. The van der Waals surface area contributed by atoms with Crippen LogP contribution in [0.15, 0.2) is 36.5 Å². The van der Waals surface area contributed by atoms with E-state index in [0.29, 0.717) is 29.4 Å². The second kappa shape index (κ2) is 7.24. The molecule has 0 spiro atoms. The lowest BCUT2D eigenvalue weighted by Crippen LogP contribution is -2.26. The molecule has 0 bridgehead atoms. The maximum absolute atomic E-state index is 14.6. The van der Waals surface area contributed by atoms with E-state index in [1.165, 1.54) is 6.07 Å². The van der Waals surface area contributed by atoms with Gasteiger partial charge in [0.2, 0.25) is 5.95 Å². The van der Waals surface area contributed by atoms with Crippen LogP contribution >= 0.6 is 0 Å². The summed E-state index contributed by atoms with van der Waals surface area (Å²) in [6.45, 7) is 5.43. The predicted octanol–water partition coefficient (Wildman–Crippen LogP) is 3.88. The van der Waals surface area contributed by atoms with Gasteiger partial charge in [-0.2, -0.15) is 0 Å². The molecule has 0 radical (unpaired) electrons. The van der Waals surface area contributed by atoms with Crippen LogP contribution in [0.5, 0.6) is 5.75 Å². The fourth-order valence-corrected chi connectivity index (χ4v) is 3.71. The molecule has 7 heteroatoms. The molecule has 1 aliphatic rings. The lowest BCUT2D eigenvalue weighted by atomic mass is 9.99. The number of benzene rings is 2. The number of hydrogen-bond donors (Lipinski definition) is 3. The molecule has 146 valence electrons. The maximum atomic E-state index is 14.6. The van der Waals surface area contributed by atoms with Crippen LogP contribution in [0.3, 0.4) is 0 Å². The summed E-state index contributed by atoms with van der Waals surface area (Å²) in [5.41, 5.74) is 8.51. The van der Waals surface area contributed by atoms with Crippen LogP contribution in [0, 0.1) is 5.82 Å². The van der Waals surface area contributed by atoms with Crippen LogP contribution in [0.4, 0.5) is 21.7 Å². The number of phenolic OH excluding ortho intramolecular Hbond substituents is 1. The topological polar surface area (TPSA) is 87.3 Å². The summed E-state index contributed by atoms with van der Waals surface area (Å²) in [4.78, 5) is 10.8. The predicted molar refractivity (Wildman–Crippen MR) is 110 cm³/mol. The van der Waals surface area contributed by atoms with Crippen molar-refractivity contribution in [2.75, 3.05) is 23.3 Å². The van der Waals surface area contributed by atoms with Gasteiger partial charge in [0.05, 0.1) is 11.2 Å². The van der Waals surface area contributed by atoms with Crippen LogP contribution < -0.4 is 16.0 Å². The fourth-order valence-electron chi connectivity index (χ4n) is 3.71. The third-order valence-electron chi connectivity index (χ3n) is 5.12. The summed E-state index contributed by atoms with van der Waals surface area (Å²) in [6.07, 6.45) is 2.57. The molecule has 6 nitrogen and oxygen atoms in total. The van der Waals surface area contributed by atoms with Crippen molar-refractivity contribution in [3.05, 3.63) is 47.9 Å². The summed E-state index contributed by atoms with van der Waals surface area (Å²) < 4.78 is 14.6.